The van der Waals surface area contributed by atoms with E-state index in [0.29, 0.717) is 12.2 Å². The van der Waals surface area contributed by atoms with Gasteiger partial charge in [0.2, 0.25) is 0 Å². The normalized spacial score (nSPS) is 11.0. The zero-order valence-electron chi connectivity index (χ0n) is 17.4. The molecule has 0 saturated heterocycles. The van der Waals surface area contributed by atoms with Crippen molar-refractivity contribution in [2.45, 2.75) is 117 Å². The van der Waals surface area contributed by atoms with Crippen LogP contribution in [0.1, 0.15) is 117 Å². The van der Waals surface area contributed by atoms with Crippen LogP contribution in [-0.4, -0.2) is 12.6 Å². The highest BCUT2D eigenvalue weighted by Gasteiger charge is 2.08. The summed E-state index contributed by atoms with van der Waals surface area (Å²) in [7, 11) is 0. The van der Waals surface area contributed by atoms with Gasteiger partial charge in [-0.05, 0) is 25.2 Å². The zero-order valence-corrected chi connectivity index (χ0v) is 17.4. The second kappa shape index (κ2) is 18.0. The summed E-state index contributed by atoms with van der Waals surface area (Å²) in [6.07, 6.45) is 18.6. The monoisotopic (exact) mass is 352 g/mol. The van der Waals surface area contributed by atoms with Crippen molar-refractivity contribution in [1.82, 2.24) is 0 Å². The van der Waals surface area contributed by atoms with E-state index in [4.69, 9.17) is 4.74 Å². The molecule has 148 valence electrons. The first-order valence-electron chi connectivity index (χ1n) is 10.9. The van der Waals surface area contributed by atoms with Crippen LogP contribution in [-0.2, 0) is 9.53 Å². The fourth-order valence-corrected chi connectivity index (χ4v) is 3.03. The first-order valence-corrected chi connectivity index (χ1v) is 10.9. The zero-order chi connectivity index (χ0) is 18.8. The van der Waals surface area contributed by atoms with Crippen LogP contribution >= 0.6 is 0 Å². The number of hydrogen-bond donors (Lipinski definition) is 0. The lowest BCUT2D eigenvalue weighted by Gasteiger charge is -2.08. The number of hydrogen-bond acceptors (Lipinski definition) is 2. The van der Waals surface area contributed by atoms with Crippen LogP contribution in [0.4, 0.5) is 0 Å². The smallest absolute Gasteiger partial charge is 0.333 e. The maximum atomic E-state index is 11.9. The van der Waals surface area contributed by atoms with Gasteiger partial charge in [0.15, 0.2) is 0 Å². The molecule has 0 rings (SSSR count). The van der Waals surface area contributed by atoms with Crippen molar-refractivity contribution in [3.63, 3.8) is 0 Å². The molecule has 0 aromatic carbocycles. The van der Waals surface area contributed by atoms with E-state index in [1.54, 1.807) is 0 Å². The summed E-state index contributed by atoms with van der Waals surface area (Å²) in [5.41, 5.74) is 0.654. The molecule has 0 amide bonds. The van der Waals surface area contributed by atoms with Crippen molar-refractivity contribution in [3.8, 4) is 0 Å². The molecule has 0 fully saturated rings. The van der Waals surface area contributed by atoms with E-state index in [2.05, 4.69) is 27.4 Å². The van der Waals surface area contributed by atoms with Gasteiger partial charge in [-0.3, -0.25) is 0 Å². The Labute approximate surface area is 157 Å². The molecule has 0 spiro atoms. The third-order valence-electron chi connectivity index (χ3n) is 4.78. The number of unbranched alkanes of at least 4 members (excludes halogenated alkanes) is 11. The Kier molecular flexibility index (Phi) is 17.4. The minimum absolute atomic E-state index is 0.181. The van der Waals surface area contributed by atoms with Crippen LogP contribution in [0.15, 0.2) is 12.2 Å². The molecule has 2 heteroatoms. The molecule has 0 aliphatic carbocycles. The largest absolute Gasteiger partial charge is 0.462 e. The van der Waals surface area contributed by atoms with Crippen molar-refractivity contribution >= 4 is 5.97 Å². The molecule has 0 aliphatic rings. The van der Waals surface area contributed by atoms with Gasteiger partial charge in [0.05, 0.1) is 6.61 Å². The van der Waals surface area contributed by atoms with Crippen molar-refractivity contribution in [2.75, 3.05) is 6.61 Å². The summed E-state index contributed by atoms with van der Waals surface area (Å²) in [5, 5.41) is 0. The Bertz CT molecular complexity index is 320. The molecular weight excluding hydrogens is 308 g/mol. The number of rotatable bonds is 18. The van der Waals surface area contributed by atoms with Gasteiger partial charge < -0.3 is 4.74 Å². The molecule has 0 atom stereocenters. The van der Waals surface area contributed by atoms with Crippen LogP contribution in [0.5, 0.6) is 0 Å². The quantitative estimate of drug-likeness (QED) is 0.144. The summed E-state index contributed by atoms with van der Waals surface area (Å²) in [6, 6.07) is 0. The van der Waals surface area contributed by atoms with E-state index in [1.807, 2.05) is 0 Å². The summed E-state index contributed by atoms with van der Waals surface area (Å²) in [6.45, 7) is 11.2. The van der Waals surface area contributed by atoms with Gasteiger partial charge in [0.25, 0.3) is 0 Å². The second-order valence-corrected chi connectivity index (χ2v) is 7.91. The molecule has 0 N–H and O–H groups in total. The minimum Gasteiger partial charge on any atom is -0.462 e. The molecule has 2 nitrogen and oxygen atoms in total. The average molecular weight is 353 g/mol. The highest BCUT2D eigenvalue weighted by atomic mass is 16.5. The maximum absolute atomic E-state index is 11.9. The fraction of sp³-hybridized carbons (Fsp3) is 0.870. The van der Waals surface area contributed by atoms with E-state index in [0.717, 1.165) is 31.6 Å². The predicted octanol–water partition coefficient (Wildman–Crippen LogP) is 7.61. The molecule has 0 aliphatic heterocycles. The summed E-state index contributed by atoms with van der Waals surface area (Å²) >= 11 is 0. The molecule has 0 heterocycles. The van der Waals surface area contributed by atoms with E-state index >= 15 is 0 Å². The van der Waals surface area contributed by atoms with Crippen molar-refractivity contribution in [2.24, 2.45) is 5.92 Å². The fourth-order valence-electron chi connectivity index (χ4n) is 3.03. The second-order valence-electron chi connectivity index (χ2n) is 7.91. The summed E-state index contributed by atoms with van der Waals surface area (Å²) in [5.74, 6) is 0.586. The van der Waals surface area contributed by atoms with E-state index in [9.17, 15) is 4.79 Å². The first-order chi connectivity index (χ1) is 12.1. The topological polar surface area (TPSA) is 26.3 Å². The predicted molar refractivity (Wildman–Crippen MR) is 110 cm³/mol. The Morgan fingerprint density at radius 1 is 0.800 bits per heavy atom. The Morgan fingerprint density at radius 2 is 1.32 bits per heavy atom. The molecule has 0 unspecified atom stereocenters. The van der Waals surface area contributed by atoms with E-state index < -0.39 is 0 Å². The Balaban J connectivity index is 3.37. The van der Waals surface area contributed by atoms with Gasteiger partial charge in [0.1, 0.15) is 0 Å². The number of carbonyl (C=O) groups excluding carboxylic acids is 1. The number of esters is 1. The molecule has 0 bridgehead atoms. The lowest BCUT2D eigenvalue weighted by Crippen LogP contribution is -2.08. The Hall–Kier alpha value is -0.790. The average Bonchev–Trinajstić information content (AvgIpc) is 2.58. The summed E-state index contributed by atoms with van der Waals surface area (Å²) in [4.78, 5) is 11.9. The molecule has 0 aromatic rings. The van der Waals surface area contributed by atoms with Crippen LogP contribution in [0.2, 0.25) is 0 Å². The lowest BCUT2D eigenvalue weighted by atomic mass is 10.0. The van der Waals surface area contributed by atoms with Gasteiger partial charge in [-0.2, -0.15) is 0 Å². The highest BCUT2D eigenvalue weighted by Crippen LogP contribution is 2.14. The highest BCUT2D eigenvalue weighted by molar-refractivity contribution is 5.87. The van der Waals surface area contributed by atoms with Crippen molar-refractivity contribution < 1.29 is 9.53 Å². The van der Waals surface area contributed by atoms with E-state index in [1.165, 1.54) is 70.6 Å². The minimum atomic E-state index is -0.181. The SMILES string of the molecule is C=C(CCCCCCCCCCCC)C(=O)OCCCCCC(C)C. The van der Waals surface area contributed by atoms with Crippen molar-refractivity contribution in [3.05, 3.63) is 12.2 Å². The van der Waals surface area contributed by atoms with Gasteiger partial charge in [-0.15, -0.1) is 0 Å². The Morgan fingerprint density at radius 3 is 1.88 bits per heavy atom. The third-order valence-corrected chi connectivity index (χ3v) is 4.78. The molecule has 0 saturated carbocycles. The molecular formula is C23H44O2. The van der Waals surface area contributed by atoms with Gasteiger partial charge in [-0.1, -0.05) is 104 Å². The van der Waals surface area contributed by atoms with Crippen molar-refractivity contribution in [1.29, 1.82) is 0 Å². The van der Waals surface area contributed by atoms with E-state index in [-0.39, 0.29) is 5.97 Å². The molecule has 0 radical (unpaired) electrons. The standard InChI is InChI=1S/C23H44O2/c1-5-6-7-8-9-10-11-12-13-16-19-22(4)23(24)25-20-17-14-15-18-21(2)3/h21H,4-20H2,1-3H3. The molecule has 25 heavy (non-hydrogen) atoms. The lowest BCUT2D eigenvalue weighted by molar-refractivity contribution is -0.139. The van der Waals surface area contributed by atoms with Crippen LogP contribution < -0.4 is 0 Å². The molecule has 0 aromatic heterocycles. The van der Waals surface area contributed by atoms with Gasteiger partial charge in [0, 0.05) is 5.57 Å². The third kappa shape index (κ3) is 17.8. The number of carbonyl (C=O) groups is 1. The van der Waals surface area contributed by atoms with Gasteiger partial charge >= 0.3 is 5.97 Å². The maximum Gasteiger partial charge on any atom is 0.333 e. The van der Waals surface area contributed by atoms with Gasteiger partial charge in [-0.25, -0.2) is 4.79 Å². The summed E-state index contributed by atoms with van der Waals surface area (Å²) < 4.78 is 5.31. The van der Waals surface area contributed by atoms with Crippen LogP contribution in [0.3, 0.4) is 0 Å². The number of ether oxygens (including phenoxy) is 1. The first kappa shape index (κ1) is 24.2. The van der Waals surface area contributed by atoms with Crippen LogP contribution in [0.25, 0.3) is 0 Å². The van der Waals surface area contributed by atoms with Crippen LogP contribution in [0, 0.1) is 5.92 Å².